The van der Waals surface area contributed by atoms with Crippen LogP contribution in [-0.4, -0.2) is 30.6 Å². The molecular weight excluding hydrogens is 236 g/mol. The van der Waals surface area contributed by atoms with Gasteiger partial charge in [0.2, 0.25) is 0 Å². The zero-order valence-corrected chi connectivity index (χ0v) is 9.80. The first-order valence-corrected chi connectivity index (χ1v) is 5.49. The summed E-state index contributed by atoms with van der Waals surface area (Å²) >= 11 is 3.37. The maximum atomic E-state index is 11.0. The fourth-order valence-corrected chi connectivity index (χ4v) is 0.775. The van der Waals surface area contributed by atoms with E-state index in [-0.39, 0.29) is 17.4 Å². The summed E-state index contributed by atoms with van der Waals surface area (Å²) in [6, 6.07) is 0. The van der Waals surface area contributed by atoms with Crippen molar-refractivity contribution in [2.75, 3.05) is 19.8 Å². The molecule has 0 fully saturated rings. The van der Waals surface area contributed by atoms with Gasteiger partial charge in [-0.1, -0.05) is 29.8 Å². The fourth-order valence-electron chi connectivity index (χ4n) is 0.643. The average Bonchev–Trinajstić information content (AvgIpc) is 2.14. The molecule has 1 atom stereocenters. The summed E-state index contributed by atoms with van der Waals surface area (Å²) in [6.45, 7) is 5.13. The van der Waals surface area contributed by atoms with Gasteiger partial charge in [0.1, 0.15) is 13.2 Å². The van der Waals surface area contributed by atoms with Gasteiger partial charge in [-0.05, 0) is 12.8 Å². The third-order valence-corrected chi connectivity index (χ3v) is 2.35. The summed E-state index contributed by atoms with van der Waals surface area (Å²) in [5.41, 5.74) is 0. The van der Waals surface area contributed by atoms with Crippen molar-refractivity contribution in [3.63, 3.8) is 0 Å². The van der Waals surface area contributed by atoms with Crippen LogP contribution in [0.4, 0.5) is 0 Å². The van der Waals surface area contributed by atoms with Gasteiger partial charge in [0.25, 0.3) is 0 Å². The number of esters is 1. The summed E-state index contributed by atoms with van der Waals surface area (Å²) in [4.78, 5) is 11.2. The highest BCUT2D eigenvalue weighted by atomic mass is 79.9. The lowest BCUT2D eigenvalue weighted by atomic mass is 10.4. The predicted molar refractivity (Wildman–Crippen MR) is 55.1 cm³/mol. The quantitative estimate of drug-likeness (QED) is 0.396. The minimum Gasteiger partial charge on any atom is -0.463 e. The molecule has 0 saturated heterocycles. The van der Waals surface area contributed by atoms with Crippen LogP contribution in [0.25, 0.3) is 0 Å². The molecule has 0 spiro atoms. The number of carbonyl (C=O) groups is 1. The number of halogens is 1. The number of hydrogen-bond donors (Lipinski definition) is 0. The highest BCUT2D eigenvalue weighted by Gasteiger charge is 2.06. The maximum absolute atomic E-state index is 11.0. The monoisotopic (exact) mass is 252 g/mol. The van der Waals surface area contributed by atoms with Crippen LogP contribution in [0.1, 0.15) is 26.7 Å². The molecule has 13 heavy (non-hydrogen) atoms. The third-order valence-electron chi connectivity index (χ3n) is 1.44. The predicted octanol–water partition coefficient (Wildman–Crippen LogP) is 2.13. The van der Waals surface area contributed by atoms with E-state index in [2.05, 4.69) is 15.9 Å². The van der Waals surface area contributed by atoms with Crippen LogP contribution < -0.4 is 0 Å². The third kappa shape index (κ3) is 8.25. The number of rotatable bonds is 7. The SMILES string of the molecule is CCCOCC(=O)OCC(Br)CC. The molecule has 0 amide bonds. The Morgan fingerprint density at radius 3 is 2.69 bits per heavy atom. The van der Waals surface area contributed by atoms with Crippen LogP contribution in [0, 0.1) is 0 Å². The minimum atomic E-state index is -0.286. The molecule has 3 nitrogen and oxygen atoms in total. The minimum absolute atomic E-state index is 0.0667. The molecule has 0 aromatic heterocycles. The van der Waals surface area contributed by atoms with Crippen LogP contribution in [0.15, 0.2) is 0 Å². The summed E-state index contributed by atoms with van der Waals surface area (Å²) in [7, 11) is 0. The molecule has 0 bridgehead atoms. The normalized spacial score (nSPS) is 12.5. The maximum Gasteiger partial charge on any atom is 0.332 e. The van der Waals surface area contributed by atoms with E-state index in [4.69, 9.17) is 9.47 Å². The number of ether oxygens (including phenoxy) is 2. The molecule has 0 aromatic carbocycles. The average molecular weight is 253 g/mol. The molecule has 0 N–H and O–H groups in total. The van der Waals surface area contributed by atoms with Crippen molar-refractivity contribution in [3.05, 3.63) is 0 Å². The molecular formula is C9H17BrO3. The topological polar surface area (TPSA) is 35.5 Å². The van der Waals surface area contributed by atoms with E-state index in [9.17, 15) is 4.79 Å². The summed E-state index contributed by atoms with van der Waals surface area (Å²) < 4.78 is 9.95. The number of carbonyl (C=O) groups excluding carboxylic acids is 1. The lowest BCUT2D eigenvalue weighted by Crippen LogP contribution is -2.17. The second kappa shape index (κ2) is 8.51. The van der Waals surface area contributed by atoms with Gasteiger partial charge in [-0.2, -0.15) is 0 Å². The second-order valence-corrected chi connectivity index (χ2v) is 4.04. The molecule has 1 unspecified atom stereocenters. The van der Waals surface area contributed by atoms with Crippen molar-refractivity contribution >= 4 is 21.9 Å². The zero-order chi connectivity index (χ0) is 10.1. The van der Waals surface area contributed by atoms with Crippen LogP contribution >= 0.6 is 15.9 Å². The first kappa shape index (κ1) is 12.9. The van der Waals surface area contributed by atoms with Crippen molar-refractivity contribution in [3.8, 4) is 0 Å². The smallest absolute Gasteiger partial charge is 0.332 e. The Morgan fingerprint density at radius 1 is 1.46 bits per heavy atom. The van der Waals surface area contributed by atoms with Crippen LogP contribution in [0.5, 0.6) is 0 Å². The summed E-state index contributed by atoms with van der Waals surface area (Å²) in [6.07, 6.45) is 1.87. The molecule has 78 valence electrons. The molecule has 0 aliphatic carbocycles. The molecule has 0 rings (SSSR count). The Morgan fingerprint density at radius 2 is 2.15 bits per heavy atom. The van der Waals surface area contributed by atoms with Crippen molar-refractivity contribution in [1.29, 1.82) is 0 Å². The van der Waals surface area contributed by atoms with E-state index in [1.165, 1.54) is 0 Å². The van der Waals surface area contributed by atoms with E-state index in [1.54, 1.807) is 0 Å². The van der Waals surface area contributed by atoms with Gasteiger partial charge < -0.3 is 9.47 Å². The zero-order valence-electron chi connectivity index (χ0n) is 8.22. The molecule has 0 saturated carbocycles. The Labute approximate surface area is 87.9 Å². The van der Waals surface area contributed by atoms with Crippen molar-refractivity contribution in [2.24, 2.45) is 0 Å². The van der Waals surface area contributed by atoms with E-state index < -0.39 is 0 Å². The standard InChI is InChI=1S/C9H17BrO3/c1-3-5-12-7-9(11)13-6-8(10)4-2/h8H,3-7H2,1-2H3. The number of hydrogen-bond acceptors (Lipinski definition) is 3. The van der Waals surface area contributed by atoms with Crippen LogP contribution in [0.2, 0.25) is 0 Å². The Kier molecular flexibility index (Phi) is 8.45. The molecule has 4 heteroatoms. The Balaban J connectivity index is 3.30. The first-order chi connectivity index (χ1) is 6.20. The van der Waals surface area contributed by atoms with E-state index >= 15 is 0 Å². The van der Waals surface area contributed by atoms with E-state index in [0.717, 1.165) is 12.8 Å². The Hall–Kier alpha value is -0.0900. The van der Waals surface area contributed by atoms with Crippen molar-refractivity contribution in [2.45, 2.75) is 31.5 Å². The van der Waals surface area contributed by atoms with Gasteiger partial charge in [-0.3, -0.25) is 0 Å². The van der Waals surface area contributed by atoms with Gasteiger partial charge in [-0.15, -0.1) is 0 Å². The Bertz CT molecular complexity index is 139. The van der Waals surface area contributed by atoms with Crippen LogP contribution in [-0.2, 0) is 14.3 Å². The fraction of sp³-hybridized carbons (Fsp3) is 0.889. The highest BCUT2D eigenvalue weighted by molar-refractivity contribution is 9.09. The molecule has 0 aliphatic rings. The lowest BCUT2D eigenvalue weighted by Gasteiger charge is -2.08. The molecule has 0 radical (unpaired) electrons. The second-order valence-electron chi connectivity index (χ2n) is 2.74. The molecule has 0 aromatic rings. The van der Waals surface area contributed by atoms with Gasteiger partial charge in [0.15, 0.2) is 0 Å². The van der Waals surface area contributed by atoms with Gasteiger partial charge in [-0.25, -0.2) is 4.79 Å². The summed E-state index contributed by atoms with van der Waals surface area (Å²) in [5, 5.41) is 0. The highest BCUT2D eigenvalue weighted by Crippen LogP contribution is 2.04. The summed E-state index contributed by atoms with van der Waals surface area (Å²) in [5.74, 6) is -0.286. The number of alkyl halides is 1. The largest absolute Gasteiger partial charge is 0.463 e. The van der Waals surface area contributed by atoms with Crippen molar-refractivity contribution in [1.82, 2.24) is 0 Å². The first-order valence-electron chi connectivity index (χ1n) is 4.58. The van der Waals surface area contributed by atoms with Gasteiger partial charge in [0.05, 0.1) is 0 Å². The lowest BCUT2D eigenvalue weighted by molar-refractivity contribution is -0.148. The van der Waals surface area contributed by atoms with E-state index in [0.29, 0.717) is 13.2 Å². The van der Waals surface area contributed by atoms with E-state index in [1.807, 2.05) is 13.8 Å². The van der Waals surface area contributed by atoms with Gasteiger partial charge in [0, 0.05) is 11.4 Å². The van der Waals surface area contributed by atoms with Crippen LogP contribution in [0.3, 0.4) is 0 Å². The van der Waals surface area contributed by atoms with Crippen molar-refractivity contribution < 1.29 is 14.3 Å². The molecule has 0 heterocycles. The van der Waals surface area contributed by atoms with Gasteiger partial charge >= 0.3 is 5.97 Å². The molecule has 0 aliphatic heterocycles.